The van der Waals surface area contributed by atoms with Crippen molar-refractivity contribution >= 4 is 33.0 Å². The highest BCUT2D eigenvalue weighted by Crippen LogP contribution is 2.14. The van der Waals surface area contributed by atoms with E-state index in [1.165, 1.54) is 23.5 Å². The van der Waals surface area contributed by atoms with Crippen LogP contribution in [0.1, 0.15) is 10.7 Å². The molecule has 0 amide bonds. The molecular formula is C13H15ClN2O3S2. The van der Waals surface area contributed by atoms with Gasteiger partial charge in [0.1, 0.15) is 5.01 Å². The van der Waals surface area contributed by atoms with E-state index in [-0.39, 0.29) is 4.90 Å². The molecule has 1 aromatic carbocycles. The third-order valence-electron chi connectivity index (χ3n) is 2.66. The van der Waals surface area contributed by atoms with Crippen molar-refractivity contribution in [3.63, 3.8) is 0 Å². The van der Waals surface area contributed by atoms with Crippen LogP contribution < -0.4 is 4.72 Å². The van der Waals surface area contributed by atoms with Crippen LogP contribution in [0.5, 0.6) is 0 Å². The normalized spacial score (nSPS) is 11.7. The van der Waals surface area contributed by atoms with E-state index in [0.717, 1.165) is 10.7 Å². The van der Waals surface area contributed by atoms with E-state index < -0.39 is 10.0 Å². The Morgan fingerprint density at radius 1 is 1.33 bits per heavy atom. The fourth-order valence-electron chi connectivity index (χ4n) is 1.66. The maximum Gasteiger partial charge on any atom is 0.240 e. The molecule has 0 atom stereocenters. The molecule has 21 heavy (non-hydrogen) atoms. The molecule has 0 spiro atoms. The highest BCUT2D eigenvalue weighted by molar-refractivity contribution is 7.89. The number of methoxy groups -OCH3 is 1. The first-order valence-electron chi connectivity index (χ1n) is 6.19. The van der Waals surface area contributed by atoms with Crippen LogP contribution in [0.25, 0.3) is 0 Å². The lowest BCUT2D eigenvalue weighted by Gasteiger charge is -2.05. The number of halogens is 1. The number of rotatable bonds is 7. The maximum absolute atomic E-state index is 12.0. The van der Waals surface area contributed by atoms with Gasteiger partial charge in [0.05, 0.1) is 17.2 Å². The summed E-state index contributed by atoms with van der Waals surface area (Å²) in [6.07, 6.45) is 0.535. The number of sulfonamides is 1. The third-order valence-corrected chi connectivity index (χ3v) is 5.26. The Morgan fingerprint density at radius 3 is 2.71 bits per heavy atom. The third kappa shape index (κ3) is 4.76. The number of nitrogens with one attached hydrogen (secondary N) is 1. The number of aromatic nitrogens is 1. The van der Waals surface area contributed by atoms with Crippen LogP contribution in [0, 0.1) is 0 Å². The predicted molar refractivity (Wildman–Crippen MR) is 83.2 cm³/mol. The molecule has 0 bridgehead atoms. The molecule has 114 valence electrons. The first kappa shape index (κ1) is 16.4. The van der Waals surface area contributed by atoms with Gasteiger partial charge in [0.15, 0.2) is 0 Å². The second kappa shape index (κ2) is 7.33. The molecule has 8 heteroatoms. The number of nitrogens with zero attached hydrogens (tertiary/aromatic N) is 1. The zero-order valence-electron chi connectivity index (χ0n) is 11.4. The fraction of sp³-hybridized carbons (Fsp3) is 0.308. The minimum absolute atomic E-state index is 0.199. The molecule has 2 rings (SSSR count). The Kier molecular flexibility index (Phi) is 5.72. The first-order chi connectivity index (χ1) is 10.0. The average molecular weight is 347 g/mol. The molecule has 0 saturated heterocycles. The summed E-state index contributed by atoms with van der Waals surface area (Å²) in [7, 11) is -1.90. The van der Waals surface area contributed by atoms with Crippen molar-refractivity contribution in [1.29, 1.82) is 0 Å². The predicted octanol–water partition coefficient (Wildman–Crippen LogP) is 2.46. The van der Waals surface area contributed by atoms with E-state index >= 15 is 0 Å². The van der Waals surface area contributed by atoms with E-state index in [1.807, 2.05) is 5.38 Å². The second-order valence-electron chi connectivity index (χ2n) is 4.27. The molecular weight excluding hydrogens is 332 g/mol. The molecule has 0 aliphatic rings. The Labute approximate surface area is 133 Å². The molecule has 0 saturated carbocycles. The van der Waals surface area contributed by atoms with Gasteiger partial charge in [0.25, 0.3) is 0 Å². The number of hydrogen-bond donors (Lipinski definition) is 1. The molecule has 0 aliphatic heterocycles. The molecule has 0 unspecified atom stereocenters. The largest absolute Gasteiger partial charge is 0.378 e. The highest BCUT2D eigenvalue weighted by atomic mass is 35.5. The van der Waals surface area contributed by atoms with Crippen molar-refractivity contribution in [3.8, 4) is 0 Å². The molecule has 5 nitrogen and oxygen atoms in total. The standard InChI is InChI=1S/C13H15ClN2O3S2/c1-19-8-13-16-11(9-20-13)6-7-15-21(17,18)12-4-2-10(14)3-5-12/h2-5,9,15H,6-8H2,1H3. The SMILES string of the molecule is COCc1nc(CCNS(=O)(=O)c2ccc(Cl)cc2)cs1. The van der Waals surface area contributed by atoms with E-state index in [9.17, 15) is 8.42 Å². The summed E-state index contributed by atoms with van der Waals surface area (Å²) in [5, 5.41) is 3.29. The Hall–Kier alpha value is -0.990. The highest BCUT2D eigenvalue weighted by Gasteiger charge is 2.13. The van der Waals surface area contributed by atoms with Crippen LogP contribution in [-0.4, -0.2) is 27.1 Å². The van der Waals surface area contributed by atoms with E-state index in [4.69, 9.17) is 16.3 Å². The van der Waals surface area contributed by atoms with Gasteiger partial charge < -0.3 is 4.74 Å². The van der Waals surface area contributed by atoms with Gasteiger partial charge in [-0.2, -0.15) is 0 Å². The monoisotopic (exact) mass is 346 g/mol. The van der Waals surface area contributed by atoms with Gasteiger partial charge in [-0.1, -0.05) is 11.6 Å². The summed E-state index contributed by atoms with van der Waals surface area (Å²) in [4.78, 5) is 4.54. The van der Waals surface area contributed by atoms with E-state index in [1.54, 1.807) is 19.2 Å². The smallest absolute Gasteiger partial charge is 0.240 e. The lowest BCUT2D eigenvalue weighted by molar-refractivity contribution is 0.184. The Balaban J connectivity index is 1.91. The van der Waals surface area contributed by atoms with Crippen molar-refractivity contribution in [3.05, 3.63) is 45.4 Å². The molecule has 1 aromatic heterocycles. The second-order valence-corrected chi connectivity index (χ2v) is 7.41. The van der Waals surface area contributed by atoms with Crippen LogP contribution in [-0.2, 0) is 27.8 Å². The van der Waals surface area contributed by atoms with Crippen molar-refractivity contribution < 1.29 is 13.2 Å². The van der Waals surface area contributed by atoms with Gasteiger partial charge >= 0.3 is 0 Å². The summed E-state index contributed by atoms with van der Waals surface area (Å²) in [6, 6.07) is 6.05. The lowest BCUT2D eigenvalue weighted by atomic mass is 10.3. The van der Waals surface area contributed by atoms with Crippen LogP contribution in [0.2, 0.25) is 5.02 Å². The van der Waals surface area contributed by atoms with Crippen LogP contribution >= 0.6 is 22.9 Å². The molecule has 0 fully saturated rings. The lowest BCUT2D eigenvalue weighted by Crippen LogP contribution is -2.26. The molecule has 1 N–H and O–H groups in total. The molecule has 2 aromatic rings. The van der Waals surface area contributed by atoms with Crippen molar-refractivity contribution in [2.45, 2.75) is 17.9 Å². The van der Waals surface area contributed by atoms with Crippen molar-refractivity contribution in [2.75, 3.05) is 13.7 Å². The number of benzene rings is 1. The Bertz CT molecular complexity index is 684. The number of hydrogen-bond acceptors (Lipinski definition) is 5. The van der Waals surface area contributed by atoms with Gasteiger partial charge in [-0.25, -0.2) is 18.1 Å². The van der Waals surface area contributed by atoms with Crippen LogP contribution in [0.3, 0.4) is 0 Å². The first-order valence-corrected chi connectivity index (χ1v) is 8.93. The minimum Gasteiger partial charge on any atom is -0.378 e. The summed E-state index contributed by atoms with van der Waals surface area (Å²) in [5.74, 6) is 0. The average Bonchev–Trinajstić information content (AvgIpc) is 2.87. The fourth-order valence-corrected chi connectivity index (χ4v) is 3.62. The molecule has 1 heterocycles. The van der Waals surface area contributed by atoms with E-state index in [0.29, 0.717) is 24.6 Å². The van der Waals surface area contributed by atoms with E-state index in [2.05, 4.69) is 9.71 Å². The van der Waals surface area contributed by atoms with Crippen molar-refractivity contribution in [2.24, 2.45) is 0 Å². The van der Waals surface area contributed by atoms with Crippen LogP contribution in [0.15, 0.2) is 34.5 Å². The zero-order valence-corrected chi connectivity index (χ0v) is 13.8. The van der Waals surface area contributed by atoms with Crippen LogP contribution in [0.4, 0.5) is 0 Å². The van der Waals surface area contributed by atoms with Gasteiger partial charge in [0.2, 0.25) is 10.0 Å². The number of ether oxygens (including phenoxy) is 1. The van der Waals surface area contributed by atoms with Gasteiger partial charge in [-0.3, -0.25) is 0 Å². The summed E-state index contributed by atoms with van der Waals surface area (Å²) >= 11 is 7.24. The number of thiazole rings is 1. The summed E-state index contributed by atoms with van der Waals surface area (Å²) in [6.45, 7) is 0.766. The minimum atomic E-state index is -3.51. The summed E-state index contributed by atoms with van der Waals surface area (Å²) < 4.78 is 31.6. The van der Waals surface area contributed by atoms with Gasteiger partial charge in [-0.05, 0) is 24.3 Å². The Morgan fingerprint density at radius 2 is 2.05 bits per heavy atom. The molecule has 0 aliphatic carbocycles. The van der Waals surface area contributed by atoms with Crippen molar-refractivity contribution in [1.82, 2.24) is 9.71 Å². The molecule has 0 radical (unpaired) electrons. The maximum atomic E-state index is 12.0. The van der Waals surface area contributed by atoms with Gasteiger partial charge in [-0.15, -0.1) is 11.3 Å². The van der Waals surface area contributed by atoms with Gasteiger partial charge in [0, 0.05) is 30.5 Å². The summed E-state index contributed by atoms with van der Waals surface area (Å²) in [5.41, 5.74) is 0.853. The zero-order chi connectivity index (χ0) is 15.3. The topological polar surface area (TPSA) is 68.3 Å². The quantitative estimate of drug-likeness (QED) is 0.836.